The normalized spacial score (nSPS) is 10.6. The molecule has 4 aromatic rings. The molecule has 0 saturated carbocycles. The zero-order valence-electron chi connectivity index (χ0n) is 15.0. The van der Waals surface area contributed by atoms with Crippen LogP contribution in [0.2, 0.25) is 0 Å². The van der Waals surface area contributed by atoms with Crippen LogP contribution in [0.25, 0.3) is 22.6 Å². The maximum Gasteiger partial charge on any atom is 0.251 e. The van der Waals surface area contributed by atoms with E-state index in [1.807, 2.05) is 60.8 Å². The first kappa shape index (κ1) is 17.7. The molecule has 2 N–H and O–H groups in total. The van der Waals surface area contributed by atoms with Gasteiger partial charge in [0, 0.05) is 17.7 Å². The van der Waals surface area contributed by atoms with Gasteiger partial charge in [-0.05, 0) is 35.4 Å². The molecule has 4 rings (SSSR count). The van der Waals surface area contributed by atoms with Crippen LogP contribution < -0.4 is 5.32 Å². The molecule has 0 radical (unpaired) electrons. The molecule has 0 spiro atoms. The van der Waals surface area contributed by atoms with Gasteiger partial charge in [-0.2, -0.15) is 0 Å². The zero-order chi connectivity index (χ0) is 19.3. The molecule has 0 aliphatic rings. The second-order valence-corrected chi connectivity index (χ2v) is 6.40. The van der Waals surface area contributed by atoms with Gasteiger partial charge >= 0.3 is 0 Å². The second kappa shape index (κ2) is 7.88. The number of benzene rings is 3. The minimum absolute atomic E-state index is 0.301. The average molecular weight is 371 g/mol. The summed E-state index contributed by atoms with van der Waals surface area (Å²) in [5, 5.41) is 2.82. The van der Waals surface area contributed by atoms with Crippen LogP contribution in [0.5, 0.6) is 0 Å². The third kappa shape index (κ3) is 3.99. The number of rotatable bonds is 5. The molecule has 0 saturated heterocycles. The number of halogens is 1. The summed E-state index contributed by atoms with van der Waals surface area (Å²) < 4.78 is 13.3. The number of nitrogens with zero attached hydrogens (tertiary/aromatic N) is 1. The maximum atomic E-state index is 13.3. The Hall–Kier alpha value is -3.73. The van der Waals surface area contributed by atoms with E-state index in [4.69, 9.17) is 0 Å². The number of H-pyrrole nitrogens is 1. The van der Waals surface area contributed by atoms with Gasteiger partial charge in [0.05, 0.1) is 11.9 Å². The number of amides is 1. The minimum atomic E-state index is -0.429. The topological polar surface area (TPSA) is 57.8 Å². The fraction of sp³-hybridized carbons (Fsp3) is 0.0435. The summed E-state index contributed by atoms with van der Waals surface area (Å²) in [6.45, 7) is 0.343. The number of aromatic amines is 1. The number of hydrogen-bond acceptors (Lipinski definition) is 2. The molecule has 1 heterocycles. The number of imidazole rings is 1. The molecule has 0 atom stereocenters. The average Bonchev–Trinajstić information content (AvgIpc) is 3.23. The van der Waals surface area contributed by atoms with Crippen LogP contribution in [0.1, 0.15) is 15.9 Å². The van der Waals surface area contributed by atoms with Crippen LogP contribution in [-0.4, -0.2) is 15.9 Å². The van der Waals surface area contributed by atoms with Crippen LogP contribution in [-0.2, 0) is 6.54 Å². The molecule has 0 aliphatic heterocycles. The van der Waals surface area contributed by atoms with Crippen molar-refractivity contribution < 1.29 is 9.18 Å². The number of nitrogens with one attached hydrogen (secondary N) is 2. The Labute approximate surface area is 162 Å². The largest absolute Gasteiger partial charge is 0.348 e. The molecule has 0 unspecified atom stereocenters. The highest BCUT2D eigenvalue weighted by atomic mass is 19.1. The van der Waals surface area contributed by atoms with Crippen molar-refractivity contribution in [3.8, 4) is 22.6 Å². The molecule has 0 bridgehead atoms. The van der Waals surface area contributed by atoms with Gasteiger partial charge in [0.2, 0.25) is 0 Å². The minimum Gasteiger partial charge on any atom is -0.348 e. The monoisotopic (exact) mass is 371 g/mol. The van der Waals surface area contributed by atoms with Crippen LogP contribution in [0.15, 0.2) is 85.1 Å². The molecule has 138 valence electrons. The van der Waals surface area contributed by atoms with E-state index in [-0.39, 0.29) is 5.91 Å². The SMILES string of the molecule is O=C(NCc1cccc(-c2ncc(-c3ccccc3)[nH]2)c1)c1cccc(F)c1. The van der Waals surface area contributed by atoms with E-state index >= 15 is 0 Å². The Morgan fingerprint density at radius 1 is 0.929 bits per heavy atom. The van der Waals surface area contributed by atoms with Crippen LogP contribution in [0, 0.1) is 5.82 Å². The lowest BCUT2D eigenvalue weighted by molar-refractivity contribution is 0.0950. The standard InChI is InChI=1S/C23H18FN3O/c24-20-11-5-10-19(13-20)23(28)26-14-16-6-4-9-18(12-16)22-25-15-21(27-22)17-7-2-1-3-8-17/h1-13,15H,14H2,(H,25,27)(H,26,28). The fourth-order valence-corrected chi connectivity index (χ4v) is 2.98. The van der Waals surface area contributed by atoms with Crippen LogP contribution in [0.4, 0.5) is 4.39 Å². The highest BCUT2D eigenvalue weighted by Crippen LogP contribution is 2.22. The third-order valence-corrected chi connectivity index (χ3v) is 4.40. The van der Waals surface area contributed by atoms with Gasteiger partial charge in [0.1, 0.15) is 11.6 Å². The summed E-state index contributed by atoms with van der Waals surface area (Å²) in [6, 6.07) is 23.4. The summed E-state index contributed by atoms with van der Waals surface area (Å²) in [6.07, 6.45) is 1.81. The number of carbonyl (C=O) groups is 1. The van der Waals surface area contributed by atoms with E-state index in [1.165, 1.54) is 18.2 Å². The van der Waals surface area contributed by atoms with E-state index in [0.717, 1.165) is 28.2 Å². The maximum absolute atomic E-state index is 13.3. The lowest BCUT2D eigenvalue weighted by Crippen LogP contribution is -2.22. The van der Waals surface area contributed by atoms with Crippen molar-refractivity contribution in [1.82, 2.24) is 15.3 Å². The van der Waals surface area contributed by atoms with Crippen molar-refractivity contribution in [3.05, 3.63) is 102 Å². The first-order valence-corrected chi connectivity index (χ1v) is 8.92. The number of aromatic nitrogens is 2. The number of carbonyl (C=O) groups excluding carboxylic acids is 1. The Morgan fingerprint density at radius 3 is 2.54 bits per heavy atom. The van der Waals surface area contributed by atoms with Crippen molar-refractivity contribution in [2.45, 2.75) is 6.54 Å². The summed E-state index contributed by atoms with van der Waals surface area (Å²) >= 11 is 0. The van der Waals surface area contributed by atoms with Gasteiger partial charge < -0.3 is 10.3 Å². The molecule has 3 aromatic carbocycles. The lowest BCUT2D eigenvalue weighted by atomic mass is 10.1. The highest BCUT2D eigenvalue weighted by molar-refractivity contribution is 5.94. The van der Waals surface area contributed by atoms with Gasteiger partial charge in [-0.3, -0.25) is 4.79 Å². The van der Waals surface area contributed by atoms with Crippen molar-refractivity contribution in [3.63, 3.8) is 0 Å². The van der Waals surface area contributed by atoms with Gasteiger partial charge in [-0.25, -0.2) is 9.37 Å². The lowest BCUT2D eigenvalue weighted by Gasteiger charge is -2.07. The van der Waals surface area contributed by atoms with Gasteiger partial charge in [0.15, 0.2) is 0 Å². The van der Waals surface area contributed by atoms with Crippen molar-refractivity contribution in [1.29, 1.82) is 0 Å². The molecular formula is C23H18FN3O. The predicted octanol–water partition coefficient (Wildman–Crippen LogP) is 4.81. The van der Waals surface area contributed by atoms with Crippen molar-refractivity contribution in [2.75, 3.05) is 0 Å². The molecule has 0 fully saturated rings. The Balaban J connectivity index is 1.48. The van der Waals surface area contributed by atoms with E-state index in [9.17, 15) is 9.18 Å². The zero-order valence-corrected chi connectivity index (χ0v) is 15.0. The molecule has 1 aromatic heterocycles. The molecule has 4 nitrogen and oxygen atoms in total. The van der Waals surface area contributed by atoms with Crippen LogP contribution in [0.3, 0.4) is 0 Å². The molecule has 0 aliphatic carbocycles. The van der Waals surface area contributed by atoms with E-state index in [1.54, 1.807) is 6.07 Å². The Bertz CT molecular complexity index is 1110. The molecule has 5 heteroatoms. The van der Waals surface area contributed by atoms with Crippen LogP contribution >= 0.6 is 0 Å². The quantitative estimate of drug-likeness (QED) is 0.529. The van der Waals surface area contributed by atoms with Crippen molar-refractivity contribution in [2.24, 2.45) is 0 Å². The van der Waals surface area contributed by atoms with Gasteiger partial charge in [-0.15, -0.1) is 0 Å². The number of hydrogen-bond donors (Lipinski definition) is 2. The first-order chi connectivity index (χ1) is 13.7. The first-order valence-electron chi connectivity index (χ1n) is 8.92. The Kier molecular flexibility index (Phi) is 4.97. The van der Waals surface area contributed by atoms with E-state index in [2.05, 4.69) is 15.3 Å². The highest BCUT2D eigenvalue weighted by Gasteiger charge is 2.08. The second-order valence-electron chi connectivity index (χ2n) is 6.40. The summed E-state index contributed by atoms with van der Waals surface area (Å²) in [5.74, 6) is 0.0214. The molecule has 28 heavy (non-hydrogen) atoms. The summed E-state index contributed by atoms with van der Waals surface area (Å²) in [5.41, 5.74) is 4.18. The Morgan fingerprint density at radius 2 is 1.71 bits per heavy atom. The molecule has 1 amide bonds. The summed E-state index contributed by atoms with van der Waals surface area (Å²) in [7, 11) is 0. The third-order valence-electron chi connectivity index (χ3n) is 4.40. The smallest absolute Gasteiger partial charge is 0.251 e. The van der Waals surface area contributed by atoms with Gasteiger partial charge in [0.25, 0.3) is 5.91 Å². The van der Waals surface area contributed by atoms with E-state index in [0.29, 0.717) is 12.1 Å². The fourth-order valence-electron chi connectivity index (χ4n) is 2.98. The summed E-state index contributed by atoms with van der Waals surface area (Å²) in [4.78, 5) is 20.0. The molecular weight excluding hydrogens is 353 g/mol. The predicted molar refractivity (Wildman–Crippen MR) is 107 cm³/mol. The van der Waals surface area contributed by atoms with Crippen molar-refractivity contribution >= 4 is 5.91 Å². The van der Waals surface area contributed by atoms with Gasteiger partial charge in [-0.1, -0.05) is 54.6 Å². The van der Waals surface area contributed by atoms with E-state index < -0.39 is 5.82 Å².